The van der Waals surface area contributed by atoms with Crippen LogP contribution >= 0.6 is 0 Å². The average Bonchev–Trinajstić information content (AvgIpc) is 2.91. The van der Waals surface area contributed by atoms with Crippen molar-refractivity contribution in [1.29, 1.82) is 0 Å². The van der Waals surface area contributed by atoms with Gasteiger partial charge in [-0.25, -0.2) is 8.42 Å². The van der Waals surface area contributed by atoms with Gasteiger partial charge in [-0.2, -0.15) is 0 Å². The zero-order valence-corrected chi connectivity index (χ0v) is 18.9. The Morgan fingerprint density at radius 2 is 1.84 bits per heavy atom. The molecule has 0 aliphatic carbocycles. The number of benzene rings is 2. The Kier molecular flexibility index (Phi) is 5.75. The Labute approximate surface area is 183 Å². The number of hydrogen-bond donors (Lipinski definition) is 1. The third kappa shape index (κ3) is 4.04. The summed E-state index contributed by atoms with van der Waals surface area (Å²) in [7, 11) is -1.62. The van der Waals surface area contributed by atoms with Crippen molar-refractivity contribution in [2.45, 2.75) is 37.8 Å². The Bertz CT molecular complexity index is 1130. The van der Waals surface area contributed by atoms with Crippen LogP contribution in [0.15, 0.2) is 58.4 Å². The number of likely N-dealkylation sites (N-methyl/N-ethyl adjacent to an activating group) is 1. The van der Waals surface area contributed by atoms with Gasteiger partial charge < -0.3 is 9.80 Å². The molecule has 4 rings (SSSR count). The first-order chi connectivity index (χ1) is 14.8. The van der Waals surface area contributed by atoms with Crippen LogP contribution in [0.2, 0.25) is 0 Å². The van der Waals surface area contributed by atoms with E-state index in [1.54, 1.807) is 24.3 Å². The van der Waals surface area contributed by atoms with E-state index in [0.717, 1.165) is 24.2 Å². The number of carbonyl (C=O) groups excluding carboxylic acids is 1. The monoisotopic (exact) mass is 440 g/mol. The van der Waals surface area contributed by atoms with Gasteiger partial charge in [0.25, 0.3) is 10.0 Å². The summed E-state index contributed by atoms with van der Waals surface area (Å²) in [6.07, 6.45) is 0.756. The number of sulfonamides is 1. The molecule has 0 bridgehead atoms. The smallest absolute Gasteiger partial charge is 0.263 e. The largest absolute Gasteiger partial charge is 0.373 e. The summed E-state index contributed by atoms with van der Waals surface area (Å²) in [4.78, 5) is 22.5. The second-order valence-corrected chi connectivity index (χ2v) is 9.87. The second kappa shape index (κ2) is 8.34. The topological polar surface area (TPSA) is 82.1 Å². The summed E-state index contributed by atoms with van der Waals surface area (Å²) in [5.41, 5.74) is 2.74. The lowest BCUT2D eigenvalue weighted by atomic mass is 9.97. The van der Waals surface area contributed by atoms with Crippen LogP contribution in [-0.4, -0.2) is 51.2 Å². The molecular weight excluding hydrogens is 412 g/mol. The minimum absolute atomic E-state index is 0.0338. The Hall–Kier alpha value is -2.87. The van der Waals surface area contributed by atoms with E-state index < -0.39 is 16.1 Å². The fraction of sp³-hybridized carbons (Fsp3) is 0.391. The lowest BCUT2D eigenvalue weighted by Gasteiger charge is -2.27. The quantitative estimate of drug-likeness (QED) is 0.792. The number of nitrogens with one attached hydrogen (secondary N) is 1. The summed E-state index contributed by atoms with van der Waals surface area (Å²) >= 11 is 0. The molecule has 0 spiro atoms. The van der Waals surface area contributed by atoms with Crippen LogP contribution < -0.4 is 9.62 Å². The minimum atomic E-state index is -3.65. The molecule has 164 valence electrons. The molecule has 0 saturated heterocycles. The number of aliphatic imine (C=N–C) groups is 1. The third-order valence-corrected chi connectivity index (χ3v) is 7.55. The van der Waals surface area contributed by atoms with E-state index in [0.29, 0.717) is 18.7 Å². The van der Waals surface area contributed by atoms with Crippen LogP contribution in [-0.2, 0) is 21.4 Å². The molecule has 0 unspecified atom stereocenters. The van der Waals surface area contributed by atoms with Crippen molar-refractivity contribution in [2.24, 2.45) is 10.9 Å². The number of hydrogen-bond acceptors (Lipinski definition) is 5. The van der Waals surface area contributed by atoms with Gasteiger partial charge >= 0.3 is 0 Å². The summed E-state index contributed by atoms with van der Waals surface area (Å²) < 4.78 is 27.5. The van der Waals surface area contributed by atoms with E-state index in [2.05, 4.69) is 20.7 Å². The maximum atomic E-state index is 13.7. The first-order valence-electron chi connectivity index (χ1n) is 10.6. The molecule has 31 heavy (non-hydrogen) atoms. The molecule has 1 amide bonds. The molecule has 0 aromatic heterocycles. The standard InChI is InChI=1S/C23H28N4O3S/c1-4-16(2)21(24-22-18-10-6-8-12-20(18)31(29,30)25-22)23(28)27-14-13-26(3)19-11-7-5-9-17(19)15-27/h5-12,16,21H,4,13-15H2,1-3H3,(H,24,25)/t16-,21-/m0/s1. The van der Waals surface area contributed by atoms with Gasteiger partial charge in [-0.1, -0.05) is 50.6 Å². The van der Waals surface area contributed by atoms with Crippen LogP contribution in [0.3, 0.4) is 0 Å². The highest BCUT2D eigenvalue weighted by Gasteiger charge is 2.35. The first kappa shape index (κ1) is 21.4. The normalized spacial score (nSPS) is 20.4. The number of anilines is 1. The van der Waals surface area contributed by atoms with Gasteiger partial charge in [0.05, 0.1) is 4.90 Å². The van der Waals surface area contributed by atoms with Crippen molar-refractivity contribution in [3.63, 3.8) is 0 Å². The van der Waals surface area contributed by atoms with Crippen molar-refractivity contribution in [3.05, 3.63) is 59.7 Å². The molecular formula is C23H28N4O3S. The Morgan fingerprint density at radius 3 is 2.61 bits per heavy atom. The van der Waals surface area contributed by atoms with Crippen molar-refractivity contribution in [3.8, 4) is 0 Å². The first-order valence-corrected chi connectivity index (χ1v) is 12.1. The van der Waals surface area contributed by atoms with Crippen molar-refractivity contribution >= 4 is 27.5 Å². The molecule has 0 radical (unpaired) electrons. The SMILES string of the molecule is CC[C@H](C)[C@H](N=C1NS(=O)(=O)c2ccccc21)C(=O)N1CCN(C)c2ccccc2C1. The van der Waals surface area contributed by atoms with Gasteiger partial charge in [0.1, 0.15) is 11.9 Å². The zero-order valence-electron chi connectivity index (χ0n) is 18.1. The molecule has 2 atom stereocenters. The molecule has 2 aliphatic heterocycles. The molecule has 8 heteroatoms. The minimum Gasteiger partial charge on any atom is -0.373 e. The molecule has 7 nitrogen and oxygen atoms in total. The van der Waals surface area contributed by atoms with E-state index >= 15 is 0 Å². The summed E-state index contributed by atoms with van der Waals surface area (Å²) in [5, 5.41) is 0. The third-order valence-electron chi connectivity index (χ3n) is 6.15. The second-order valence-electron chi connectivity index (χ2n) is 8.22. The van der Waals surface area contributed by atoms with Crippen molar-refractivity contribution < 1.29 is 13.2 Å². The Morgan fingerprint density at radius 1 is 1.13 bits per heavy atom. The number of nitrogens with zero attached hydrogens (tertiary/aromatic N) is 3. The van der Waals surface area contributed by atoms with Crippen molar-refractivity contribution in [2.75, 3.05) is 25.0 Å². The number of amides is 1. The molecule has 0 saturated carbocycles. The molecule has 2 heterocycles. The summed E-state index contributed by atoms with van der Waals surface area (Å²) in [6, 6.07) is 14.2. The van der Waals surface area contributed by atoms with E-state index in [1.165, 1.54) is 0 Å². The number of amidine groups is 1. The van der Waals surface area contributed by atoms with Gasteiger partial charge in [0.2, 0.25) is 5.91 Å². The van der Waals surface area contributed by atoms with Gasteiger partial charge in [-0.15, -0.1) is 0 Å². The van der Waals surface area contributed by atoms with E-state index in [-0.39, 0.29) is 22.6 Å². The van der Waals surface area contributed by atoms with Crippen LogP contribution in [0.1, 0.15) is 31.4 Å². The van der Waals surface area contributed by atoms with Gasteiger partial charge in [-0.05, 0) is 29.7 Å². The number of fused-ring (bicyclic) bond motifs is 2. The van der Waals surface area contributed by atoms with E-state index in [1.807, 2.05) is 44.0 Å². The lowest BCUT2D eigenvalue weighted by Crippen LogP contribution is -2.43. The zero-order chi connectivity index (χ0) is 22.2. The lowest BCUT2D eigenvalue weighted by molar-refractivity contribution is -0.134. The summed E-state index contributed by atoms with van der Waals surface area (Å²) in [5.74, 6) is 0.144. The molecule has 2 aliphatic rings. The number of para-hydroxylation sites is 1. The molecule has 2 aromatic carbocycles. The van der Waals surface area contributed by atoms with Crippen LogP contribution in [0.5, 0.6) is 0 Å². The van der Waals surface area contributed by atoms with Crippen LogP contribution in [0, 0.1) is 5.92 Å². The summed E-state index contributed by atoms with van der Waals surface area (Å²) in [6.45, 7) is 5.83. The molecule has 0 fully saturated rings. The fourth-order valence-electron chi connectivity index (χ4n) is 4.09. The van der Waals surface area contributed by atoms with Crippen LogP contribution in [0.25, 0.3) is 0 Å². The van der Waals surface area contributed by atoms with E-state index in [4.69, 9.17) is 0 Å². The van der Waals surface area contributed by atoms with Crippen LogP contribution in [0.4, 0.5) is 5.69 Å². The fourth-order valence-corrected chi connectivity index (χ4v) is 5.32. The Balaban J connectivity index is 1.68. The van der Waals surface area contributed by atoms with Gasteiger partial charge in [0, 0.05) is 37.9 Å². The highest BCUT2D eigenvalue weighted by Crippen LogP contribution is 2.27. The highest BCUT2D eigenvalue weighted by molar-refractivity contribution is 7.90. The molecule has 1 N–H and O–H groups in total. The maximum Gasteiger partial charge on any atom is 0.263 e. The predicted molar refractivity (Wildman–Crippen MR) is 122 cm³/mol. The highest BCUT2D eigenvalue weighted by atomic mass is 32.2. The maximum absolute atomic E-state index is 13.7. The average molecular weight is 441 g/mol. The van der Waals surface area contributed by atoms with Gasteiger partial charge in [-0.3, -0.25) is 14.5 Å². The van der Waals surface area contributed by atoms with Gasteiger partial charge in [0.15, 0.2) is 0 Å². The molecule has 2 aromatic rings. The van der Waals surface area contributed by atoms with Crippen molar-refractivity contribution in [1.82, 2.24) is 9.62 Å². The number of carbonyl (C=O) groups is 1. The van der Waals surface area contributed by atoms with E-state index in [9.17, 15) is 13.2 Å². The number of rotatable bonds is 4. The predicted octanol–water partition coefficient (Wildman–Crippen LogP) is 2.62.